The highest BCUT2D eigenvalue weighted by atomic mass is 19.3. The van der Waals surface area contributed by atoms with Crippen molar-refractivity contribution < 1.29 is 31.8 Å². The van der Waals surface area contributed by atoms with Gasteiger partial charge < -0.3 is 16.0 Å². The predicted octanol–water partition coefficient (Wildman–Crippen LogP) is 3.28. The highest BCUT2D eigenvalue weighted by molar-refractivity contribution is 5.91. The number of alkyl halides is 4. The first kappa shape index (κ1) is 25.5. The van der Waals surface area contributed by atoms with Crippen molar-refractivity contribution in [2.75, 3.05) is 13.1 Å². The number of halogens is 4. The normalized spacial score (nSPS) is 23.0. The molecule has 3 aromatic heterocycles. The molecule has 0 radical (unpaired) electrons. The highest BCUT2D eigenvalue weighted by Crippen LogP contribution is 2.47. The van der Waals surface area contributed by atoms with Gasteiger partial charge in [0.05, 0.1) is 43.1 Å². The lowest BCUT2D eigenvalue weighted by atomic mass is 9.75. The largest absolute Gasteiger partial charge is 0.364 e. The summed E-state index contributed by atoms with van der Waals surface area (Å²) >= 11 is 0. The third-order valence-corrected chi connectivity index (χ3v) is 7.86. The number of nitrogens with two attached hydrogens (primary N) is 1. The first-order valence-corrected chi connectivity index (χ1v) is 12.8. The standard InChI is InChI=1S/C24H26F4N8O3/c25-23(26)5-3-12(4-6-23)17(18-19(21(29)37)34-39-33-18)15-9-36-16(32-15)7-14(8-31-36)20(13-1-2-13)35-11-24(27,28)10-30-22(35)38/h7-9,12-13,17,20H,1-6,10-11H2,(H2,29,37)(H,30,38)/t17-,20+/m0/s1. The summed E-state index contributed by atoms with van der Waals surface area (Å²) in [7, 11) is 0. The van der Waals surface area contributed by atoms with E-state index in [1.165, 1.54) is 10.7 Å². The minimum absolute atomic E-state index is 0.0133. The molecule has 0 aromatic carbocycles. The van der Waals surface area contributed by atoms with Gasteiger partial charge in [-0.2, -0.15) is 5.10 Å². The predicted molar refractivity (Wildman–Crippen MR) is 125 cm³/mol. The monoisotopic (exact) mass is 550 g/mol. The van der Waals surface area contributed by atoms with Crippen LogP contribution in [0, 0.1) is 11.8 Å². The van der Waals surface area contributed by atoms with Gasteiger partial charge in [0.15, 0.2) is 11.3 Å². The number of fused-ring (bicyclic) bond motifs is 1. The van der Waals surface area contributed by atoms with Gasteiger partial charge in [-0.25, -0.2) is 36.5 Å². The van der Waals surface area contributed by atoms with E-state index in [1.807, 2.05) is 0 Å². The Kier molecular flexibility index (Phi) is 5.99. The van der Waals surface area contributed by atoms with Gasteiger partial charge in [0.2, 0.25) is 5.92 Å². The molecule has 11 nitrogen and oxygen atoms in total. The lowest BCUT2D eigenvalue weighted by molar-refractivity contribution is -0.0476. The Morgan fingerprint density at radius 1 is 1.10 bits per heavy atom. The zero-order valence-electron chi connectivity index (χ0n) is 20.7. The minimum Gasteiger partial charge on any atom is -0.364 e. The fourth-order valence-electron chi connectivity index (χ4n) is 5.82. The first-order chi connectivity index (χ1) is 18.5. The maximum absolute atomic E-state index is 14.2. The van der Waals surface area contributed by atoms with Gasteiger partial charge in [-0.1, -0.05) is 5.16 Å². The van der Waals surface area contributed by atoms with Crippen LogP contribution in [0.15, 0.2) is 23.1 Å². The molecule has 3 amide bonds. The van der Waals surface area contributed by atoms with Crippen molar-refractivity contribution in [3.05, 3.63) is 41.1 Å². The summed E-state index contributed by atoms with van der Waals surface area (Å²) in [4.78, 5) is 30.4. The number of hydrogen-bond donors (Lipinski definition) is 2. The Labute approximate surface area is 219 Å². The maximum atomic E-state index is 14.2. The number of carbonyl (C=O) groups excluding carboxylic acids is 2. The van der Waals surface area contributed by atoms with Crippen LogP contribution in [0.3, 0.4) is 0 Å². The summed E-state index contributed by atoms with van der Waals surface area (Å²) in [5.74, 6) is -7.76. The second-order valence-electron chi connectivity index (χ2n) is 10.7. The Morgan fingerprint density at radius 3 is 2.54 bits per heavy atom. The van der Waals surface area contributed by atoms with Gasteiger partial charge in [0, 0.05) is 12.8 Å². The highest BCUT2D eigenvalue weighted by Gasteiger charge is 2.47. The van der Waals surface area contributed by atoms with Crippen LogP contribution in [0.5, 0.6) is 0 Å². The minimum atomic E-state index is -3.06. The molecule has 2 atom stereocenters. The van der Waals surface area contributed by atoms with Gasteiger partial charge in [-0.15, -0.1) is 0 Å². The lowest BCUT2D eigenvalue weighted by Crippen LogP contribution is -2.58. The molecule has 6 rings (SSSR count). The van der Waals surface area contributed by atoms with Gasteiger partial charge in [0.1, 0.15) is 5.69 Å². The summed E-state index contributed by atoms with van der Waals surface area (Å²) in [6.45, 7) is -1.41. The number of aromatic nitrogens is 5. The molecule has 3 fully saturated rings. The summed E-state index contributed by atoms with van der Waals surface area (Å²) in [5.41, 5.74) is 6.70. The number of hydrogen-bond acceptors (Lipinski definition) is 7. The molecule has 0 spiro atoms. The first-order valence-electron chi connectivity index (χ1n) is 12.8. The Morgan fingerprint density at radius 2 is 1.85 bits per heavy atom. The molecule has 0 bridgehead atoms. The molecule has 39 heavy (non-hydrogen) atoms. The van der Waals surface area contributed by atoms with Gasteiger partial charge in [0.25, 0.3) is 11.8 Å². The van der Waals surface area contributed by atoms with Crippen molar-refractivity contribution in [3.63, 3.8) is 0 Å². The summed E-state index contributed by atoms with van der Waals surface area (Å²) < 4.78 is 62.5. The molecule has 1 aliphatic heterocycles. The SMILES string of the molecule is NC(=O)c1nonc1[C@H](c1cn2ncc([C@@H](C3CC3)N3CC(F)(F)CNC3=O)cc2n1)C1CCC(F)(F)CC1. The molecule has 2 aliphatic carbocycles. The number of amides is 3. The Hall–Kier alpha value is -3.78. The average Bonchev–Trinajstić information content (AvgIpc) is 3.42. The van der Waals surface area contributed by atoms with Crippen LogP contribution in [0.2, 0.25) is 0 Å². The topological polar surface area (TPSA) is 145 Å². The average molecular weight is 551 g/mol. The molecule has 3 aliphatic rings. The van der Waals surface area contributed by atoms with E-state index in [9.17, 15) is 27.2 Å². The van der Waals surface area contributed by atoms with E-state index in [4.69, 9.17) is 10.4 Å². The molecule has 208 valence electrons. The number of imidazole rings is 1. The smallest absolute Gasteiger partial charge is 0.318 e. The van der Waals surface area contributed by atoms with Crippen molar-refractivity contribution in [1.82, 2.24) is 35.1 Å². The summed E-state index contributed by atoms with van der Waals surface area (Å²) in [6, 6.07) is 0.515. The molecule has 4 heterocycles. The summed E-state index contributed by atoms with van der Waals surface area (Å²) in [5, 5.41) is 14.2. The van der Waals surface area contributed by atoms with Crippen molar-refractivity contribution >= 4 is 17.6 Å². The molecule has 3 aromatic rings. The van der Waals surface area contributed by atoms with Crippen LogP contribution < -0.4 is 11.1 Å². The quantitative estimate of drug-likeness (QED) is 0.430. The van der Waals surface area contributed by atoms with Crippen LogP contribution >= 0.6 is 0 Å². The molecule has 2 saturated carbocycles. The van der Waals surface area contributed by atoms with Gasteiger partial charge in [-0.3, -0.25) is 4.79 Å². The zero-order valence-corrected chi connectivity index (χ0v) is 20.7. The number of nitrogens with zero attached hydrogens (tertiary/aromatic N) is 6. The van der Waals surface area contributed by atoms with Crippen LogP contribution in [0.25, 0.3) is 5.65 Å². The van der Waals surface area contributed by atoms with Crippen LogP contribution in [-0.2, 0) is 0 Å². The fraction of sp³-hybridized carbons (Fsp3) is 0.583. The van der Waals surface area contributed by atoms with Crippen LogP contribution in [0.4, 0.5) is 22.4 Å². The van der Waals surface area contributed by atoms with Crippen molar-refractivity contribution in [3.8, 4) is 0 Å². The second-order valence-corrected chi connectivity index (χ2v) is 10.7. The van der Waals surface area contributed by atoms with Crippen LogP contribution in [0.1, 0.15) is 77.9 Å². The molecular formula is C24H26F4N8O3. The van der Waals surface area contributed by atoms with E-state index < -0.39 is 48.8 Å². The Balaban J connectivity index is 1.37. The number of nitrogens with one attached hydrogen (secondary N) is 1. The van der Waals surface area contributed by atoms with E-state index in [0.29, 0.717) is 16.9 Å². The van der Waals surface area contributed by atoms with E-state index in [1.54, 1.807) is 12.3 Å². The number of carbonyl (C=O) groups is 2. The van der Waals surface area contributed by atoms with Crippen LogP contribution in [-0.4, -0.2) is 66.7 Å². The zero-order chi connectivity index (χ0) is 27.5. The molecule has 0 unspecified atom stereocenters. The third kappa shape index (κ3) is 4.89. The molecule has 15 heteroatoms. The second kappa shape index (κ2) is 9.16. The number of urea groups is 1. The van der Waals surface area contributed by atoms with E-state index in [0.717, 1.165) is 17.7 Å². The molecule has 1 saturated heterocycles. The molecule has 3 N–H and O–H groups in total. The van der Waals surface area contributed by atoms with E-state index >= 15 is 0 Å². The number of rotatable bonds is 7. The van der Waals surface area contributed by atoms with Crippen molar-refractivity contribution in [2.24, 2.45) is 17.6 Å². The van der Waals surface area contributed by atoms with E-state index in [2.05, 4.69) is 25.7 Å². The lowest BCUT2D eigenvalue weighted by Gasteiger charge is -2.38. The van der Waals surface area contributed by atoms with Crippen molar-refractivity contribution in [1.29, 1.82) is 0 Å². The number of primary amides is 1. The third-order valence-electron chi connectivity index (χ3n) is 7.86. The molecular weight excluding hydrogens is 524 g/mol. The van der Waals surface area contributed by atoms with Gasteiger partial charge in [-0.05, 0) is 54.3 Å². The Bertz CT molecular complexity index is 1410. The van der Waals surface area contributed by atoms with Gasteiger partial charge >= 0.3 is 6.03 Å². The fourth-order valence-corrected chi connectivity index (χ4v) is 5.82. The van der Waals surface area contributed by atoms with Crippen molar-refractivity contribution in [2.45, 2.75) is 62.3 Å². The maximum Gasteiger partial charge on any atom is 0.318 e. The van der Waals surface area contributed by atoms with E-state index in [-0.39, 0.29) is 48.9 Å². The summed E-state index contributed by atoms with van der Waals surface area (Å²) in [6.07, 6.45) is 4.34.